The van der Waals surface area contributed by atoms with Crippen molar-refractivity contribution in [1.29, 1.82) is 0 Å². The van der Waals surface area contributed by atoms with Gasteiger partial charge in [-0.25, -0.2) is 4.68 Å². The predicted molar refractivity (Wildman–Crippen MR) is 141 cm³/mol. The van der Waals surface area contributed by atoms with Gasteiger partial charge in [-0.15, -0.1) is 28.6 Å². The first-order valence-electron chi connectivity index (χ1n) is 9.28. The van der Waals surface area contributed by atoms with Crippen LogP contribution < -0.4 is 45.7 Å². The molecule has 1 saturated heterocycles. The zero-order valence-electron chi connectivity index (χ0n) is 21.9. The molecule has 1 aromatic heterocycles. The van der Waals surface area contributed by atoms with Gasteiger partial charge in [0.1, 0.15) is 11.4 Å². The second-order valence-electron chi connectivity index (χ2n) is 6.90. The van der Waals surface area contributed by atoms with Crippen molar-refractivity contribution < 1.29 is 102 Å². The molecule has 3 atom stereocenters. The maximum Gasteiger partial charge on any atom is 1.00 e. The molecule has 0 aromatic carbocycles. The zero-order chi connectivity index (χ0) is 24.3. The van der Waals surface area contributed by atoms with Gasteiger partial charge in [-0.2, -0.15) is 0 Å². The van der Waals surface area contributed by atoms with Crippen LogP contribution in [0.4, 0.5) is 0 Å². The van der Waals surface area contributed by atoms with E-state index >= 15 is 0 Å². The number of carboxylic acid groups (broad SMARTS) is 2. The van der Waals surface area contributed by atoms with Gasteiger partial charge in [0.15, 0.2) is 0 Å². The molecule has 2 aliphatic rings. The summed E-state index contributed by atoms with van der Waals surface area (Å²) < 4.78 is 6.78. The second kappa shape index (κ2) is 22.0. The van der Waals surface area contributed by atoms with Crippen LogP contribution in [0.15, 0.2) is 16.4 Å². The van der Waals surface area contributed by atoms with Crippen molar-refractivity contribution in [2.24, 2.45) is 12.8 Å². The summed E-state index contributed by atoms with van der Waals surface area (Å²) in [6.45, 7) is 0. The van der Waals surface area contributed by atoms with E-state index < -0.39 is 40.9 Å². The van der Waals surface area contributed by atoms with Crippen LogP contribution in [0.2, 0.25) is 0 Å². The van der Waals surface area contributed by atoms with Gasteiger partial charge in [-0.3, -0.25) is 19.3 Å². The van der Waals surface area contributed by atoms with Crippen molar-refractivity contribution in [3.05, 3.63) is 11.3 Å². The molecule has 1 aromatic rings. The largest absolute Gasteiger partial charge is 1.00 e. The third-order valence-electron chi connectivity index (χ3n) is 4.75. The number of carbonyl (C=O) groups excluding carboxylic acids is 3. The third kappa shape index (κ3) is 10.9. The van der Waals surface area contributed by atoms with Crippen molar-refractivity contribution in [2.45, 2.75) is 22.3 Å². The Balaban J connectivity index is -0.000000383. The van der Waals surface area contributed by atoms with Gasteiger partial charge in [-0.05, 0) is 16.0 Å². The molecule has 0 radical (unpaired) electrons. The number of carboxylic acids is 2. The molecule has 3 rings (SSSR count). The Kier molecular flexibility index (Phi) is 27.9. The Morgan fingerprint density at radius 2 is 1.83 bits per heavy atom. The van der Waals surface area contributed by atoms with E-state index in [2.05, 4.69) is 20.8 Å². The fourth-order valence-corrected chi connectivity index (χ4v) is 6.33. The molecule has 0 aliphatic carbocycles. The maximum absolute atomic E-state index is 13.0. The number of tetrazole rings is 1. The Labute approximate surface area is 266 Å². The Morgan fingerprint density at radius 1 is 1.24 bits per heavy atom. The molecule has 1 fully saturated rings. The number of hydrogen-bond acceptors (Lipinski definition) is 13. The summed E-state index contributed by atoms with van der Waals surface area (Å²) in [7, 11) is 2.88. The van der Waals surface area contributed by atoms with Crippen molar-refractivity contribution in [3.8, 4) is 0 Å². The van der Waals surface area contributed by atoms with Gasteiger partial charge in [0.2, 0.25) is 11.1 Å². The van der Waals surface area contributed by atoms with Gasteiger partial charge in [0, 0.05) is 31.4 Å². The molecule has 0 saturated carbocycles. The minimum atomic E-state index is -1.75. The zero-order valence-corrected chi connectivity index (χ0v) is 26.4. The Hall–Kier alpha value is -1.62. The number of nitrogens with two attached hydrogens (primary N) is 1. The van der Waals surface area contributed by atoms with Crippen LogP contribution in [0.3, 0.4) is 0 Å². The fraction of sp³-hybridized carbons (Fsp3) is 0.562. The molecule has 25 heteroatoms. The fourth-order valence-electron chi connectivity index (χ4n) is 3.13. The molecule has 236 valence electrons. The molecular weight excluding hydrogens is 633 g/mol. The molecule has 18 N–H and O–H groups in total. The molecule has 21 nitrogen and oxygen atoms in total. The Bertz CT molecular complexity index is 1020. The summed E-state index contributed by atoms with van der Waals surface area (Å²) >= 11 is 3.43. The SMILES string of the molecule is CO[C@@]1(NC(=O)CSCC(N)C(=O)O)C(=O)N2C(C(=O)[O-])=C(CSc3nnnn3C)CSC21.O.O.O.O.O.O.O.[Na+]. The van der Waals surface area contributed by atoms with Crippen molar-refractivity contribution in [2.75, 3.05) is 30.1 Å². The number of nitrogens with one attached hydrogen (secondary N) is 1. The van der Waals surface area contributed by atoms with Gasteiger partial charge >= 0.3 is 35.5 Å². The number of aromatic nitrogens is 4. The van der Waals surface area contributed by atoms with E-state index in [4.69, 9.17) is 15.6 Å². The third-order valence-corrected chi connectivity index (χ3v) is 8.29. The number of aliphatic carboxylic acids is 2. The van der Waals surface area contributed by atoms with Crippen LogP contribution in [0.1, 0.15) is 0 Å². The van der Waals surface area contributed by atoms with Crippen LogP contribution in [-0.4, -0.2) is 140 Å². The van der Waals surface area contributed by atoms with E-state index in [1.807, 2.05) is 0 Å². The summed E-state index contributed by atoms with van der Waals surface area (Å²) in [6, 6.07) is -1.13. The normalized spacial score (nSPS) is 18.6. The van der Waals surface area contributed by atoms with Crippen LogP contribution in [0, 0.1) is 0 Å². The second-order valence-corrected chi connectivity index (χ2v) is 9.94. The minimum absolute atomic E-state index is 0. The number of methoxy groups -OCH3 is 1. The van der Waals surface area contributed by atoms with Gasteiger partial charge < -0.3 is 69.1 Å². The van der Waals surface area contributed by atoms with Crippen LogP contribution in [0.25, 0.3) is 0 Å². The topological polar surface area (TPSA) is 426 Å². The molecule has 2 aliphatic heterocycles. The first kappa shape index (κ1) is 52.1. The van der Waals surface area contributed by atoms with E-state index in [1.165, 1.54) is 35.3 Å². The minimum Gasteiger partial charge on any atom is -0.543 e. The summed E-state index contributed by atoms with van der Waals surface area (Å²) in [4.78, 5) is 49.1. The van der Waals surface area contributed by atoms with Gasteiger partial charge in [-0.1, -0.05) is 11.8 Å². The van der Waals surface area contributed by atoms with Gasteiger partial charge in [0.05, 0.1) is 17.4 Å². The number of hydrogen-bond donors (Lipinski definition) is 3. The number of amides is 2. The smallest absolute Gasteiger partial charge is 0.543 e. The first-order chi connectivity index (χ1) is 15.6. The predicted octanol–water partition coefficient (Wildman–Crippen LogP) is -11.9. The van der Waals surface area contributed by atoms with Crippen molar-refractivity contribution in [3.63, 3.8) is 0 Å². The standard InChI is InChI=1S/C16H21N7O7S3.Na.7H2O/c1-22-15(19-20-21-22)33-4-7-3-32-14-16(30-2,13(29)23(14)10(7)12(27)28)18-9(24)6-31-5-8(17)11(25)26;;;;;;;;/h8,14H,3-6,17H2,1-2H3,(H,18,24)(H,25,26)(H,27,28);;7*1H2/q;+1;;;;;;;/p-1/t8?,14?,16-;;;;;;;;/m0......../s1. The van der Waals surface area contributed by atoms with Crippen LogP contribution >= 0.6 is 35.3 Å². The Morgan fingerprint density at radius 3 is 2.29 bits per heavy atom. The van der Waals surface area contributed by atoms with E-state index in [0.29, 0.717) is 10.7 Å². The molecular formula is C16H34N7NaO14S3. The average molecular weight is 668 g/mol. The van der Waals surface area contributed by atoms with E-state index in [0.717, 1.165) is 16.7 Å². The van der Waals surface area contributed by atoms with Gasteiger partial charge in [0.25, 0.3) is 11.6 Å². The molecule has 41 heavy (non-hydrogen) atoms. The van der Waals surface area contributed by atoms with E-state index in [9.17, 15) is 24.3 Å². The first-order valence-corrected chi connectivity index (χ1v) is 12.5. The van der Waals surface area contributed by atoms with E-state index in [-0.39, 0.29) is 96.6 Å². The molecule has 0 bridgehead atoms. The average Bonchev–Trinajstić information content (AvgIpc) is 3.19. The summed E-state index contributed by atoms with van der Waals surface area (Å²) in [5, 5.41) is 33.9. The summed E-state index contributed by atoms with van der Waals surface area (Å²) in [5.41, 5.74) is 3.84. The van der Waals surface area contributed by atoms with E-state index in [1.54, 1.807) is 7.05 Å². The molecule has 2 unspecified atom stereocenters. The number of fused-ring (bicyclic) bond motifs is 1. The number of nitrogens with zero attached hydrogens (tertiary/aromatic N) is 5. The quantitative estimate of drug-likeness (QED) is 0.0853. The number of rotatable bonds is 11. The van der Waals surface area contributed by atoms with Crippen LogP contribution in [-0.2, 0) is 31.0 Å². The number of ether oxygens (including phenoxy) is 1. The van der Waals surface area contributed by atoms with Crippen LogP contribution in [0.5, 0.6) is 0 Å². The molecule has 3 heterocycles. The number of aryl methyl sites for hydroxylation is 1. The monoisotopic (exact) mass is 667 g/mol. The van der Waals surface area contributed by atoms with Crippen molar-refractivity contribution in [1.82, 2.24) is 30.4 Å². The molecule has 2 amide bonds. The number of thioether (sulfide) groups is 3. The van der Waals surface area contributed by atoms with Crippen molar-refractivity contribution >= 4 is 59.0 Å². The number of carbonyl (C=O) groups is 4. The summed E-state index contributed by atoms with van der Waals surface area (Å²) in [5.74, 6) is -3.73. The maximum atomic E-state index is 13.0. The molecule has 0 spiro atoms. The summed E-state index contributed by atoms with van der Waals surface area (Å²) in [6.07, 6.45) is 0. The number of β-lactam (4-membered cyclic amide) rings is 1.